The third-order valence-electron chi connectivity index (χ3n) is 7.11. The van der Waals surface area contributed by atoms with Crippen molar-refractivity contribution in [2.24, 2.45) is 5.92 Å². The number of nitrogens with zero attached hydrogens (tertiary/aromatic N) is 4. The molecule has 2 aromatic rings. The van der Waals surface area contributed by atoms with E-state index in [4.69, 9.17) is 0 Å². The SMILES string of the molecule is CN1CCC(N(C)C(=O)c2ccc(Nc3ncc(C(F)(F)F)c(NC4CC=CCC4C(=O)O)n3)cc2)CC1. The maximum Gasteiger partial charge on any atom is 0.421 e. The van der Waals surface area contributed by atoms with E-state index in [1.165, 1.54) is 0 Å². The van der Waals surface area contributed by atoms with E-state index in [-0.39, 0.29) is 30.7 Å². The molecule has 1 aromatic heterocycles. The molecular weight excluding hydrogens is 501 g/mol. The number of carbonyl (C=O) groups is 2. The number of benzene rings is 1. The molecule has 0 spiro atoms. The van der Waals surface area contributed by atoms with Gasteiger partial charge in [0.2, 0.25) is 5.95 Å². The molecule has 2 atom stereocenters. The molecule has 0 bridgehead atoms. The van der Waals surface area contributed by atoms with Crippen LogP contribution >= 0.6 is 0 Å². The molecule has 1 aliphatic carbocycles. The summed E-state index contributed by atoms with van der Waals surface area (Å²) in [6.45, 7) is 1.87. The van der Waals surface area contributed by atoms with Gasteiger partial charge in [0.25, 0.3) is 5.91 Å². The van der Waals surface area contributed by atoms with Gasteiger partial charge in [0, 0.05) is 36.6 Å². The number of alkyl halides is 3. The second-order valence-corrected chi connectivity index (χ2v) is 9.74. The van der Waals surface area contributed by atoms with Crippen LogP contribution in [0.5, 0.6) is 0 Å². The van der Waals surface area contributed by atoms with E-state index >= 15 is 0 Å². The van der Waals surface area contributed by atoms with Gasteiger partial charge in [0.15, 0.2) is 0 Å². The highest BCUT2D eigenvalue weighted by Gasteiger charge is 2.37. The number of carbonyl (C=O) groups excluding carboxylic acids is 1. The van der Waals surface area contributed by atoms with Crippen molar-refractivity contribution in [3.05, 3.63) is 53.7 Å². The normalized spacial score (nSPS) is 20.7. The number of rotatable bonds is 7. The van der Waals surface area contributed by atoms with Gasteiger partial charge in [0.1, 0.15) is 11.4 Å². The Hall–Kier alpha value is -3.67. The fraction of sp³-hybridized carbons (Fsp3) is 0.462. The fourth-order valence-electron chi connectivity index (χ4n) is 4.76. The van der Waals surface area contributed by atoms with Crippen LogP contribution in [0.2, 0.25) is 0 Å². The number of anilines is 3. The Balaban J connectivity index is 1.49. The lowest BCUT2D eigenvalue weighted by Gasteiger charge is -2.35. The topological polar surface area (TPSA) is 111 Å². The number of aromatic nitrogens is 2. The van der Waals surface area contributed by atoms with Gasteiger partial charge in [-0.3, -0.25) is 9.59 Å². The number of likely N-dealkylation sites (tertiary alicyclic amines) is 1. The molecule has 1 aliphatic heterocycles. The van der Waals surface area contributed by atoms with Crippen LogP contribution < -0.4 is 10.6 Å². The van der Waals surface area contributed by atoms with Gasteiger partial charge in [-0.25, -0.2) is 4.98 Å². The molecule has 38 heavy (non-hydrogen) atoms. The van der Waals surface area contributed by atoms with E-state index in [2.05, 4.69) is 32.5 Å². The Bertz CT molecular complexity index is 1180. The van der Waals surface area contributed by atoms with Gasteiger partial charge in [0.05, 0.1) is 5.92 Å². The van der Waals surface area contributed by atoms with Crippen molar-refractivity contribution < 1.29 is 27.9 Å². The summed E-state index contributed by atoms with van der Waals surface area (Å²) in [5.74, 6) is -2.67. The van der Waals surface area contributed by atoms with E-state index in [0.717, 1.165) is 25.9 Å². The van der Waals surface area contributed by atoms with Crippen molar-refractivity contribution in [2.45, 2.75) is 43.9 Å². The number of carboxylic acids is 1. The summed E-state index contributed by atoms with van der Waals surface area (Å²) in [6.07, 6.45) is 1.65. The summed E-state index contributed by atoms with van der Waals surface area (Å²) in [7, 11) is 3.86. The molecule has 2 unspecified atom stereocenters. The minimum atomic E-state index is -4.73. The highest BCUT2D eigenvalue weighted by molar-refractivity contribution is 5.94. The van der Waals surface area contributed by atoms with Crippen molar-refractivity contribution in [1.82, 2.24) is 19.8 Å². The van der Waals surface area contributed by atoms with Crippen LogP contribution in [0.1, 0.15) is 41.6 Å². The quantitative estimate of drug-likeness (QED) is 0.455. The number of amides is 1. The van der Waals surface area contributed by atoms with Gasteiger partial charge < -0.3 is 25.5 Å². The van der Waals surface area contributed by atoms with Crippen LogP contribution in [0.15, 0.2) is 42.6 Å². The first-order valence-corrected chi connectivity index (χ1v) is 12.4. The van der Waals surface area contributed by atoms with Crippen molar-refractivity contribution in [3.8, 4) is 0 Å². The first-order valence-electron chi connectivity index (χ1n) is 12.4. The predicted molar refractivity (Wildman–Crippen MR) is 136 cm³/mol. The Kier molecular flexibility index (Phi) is 8.20. The first kappa shape index (κ1) is 27.4. The number of hydrogen-bond donors (Lipinski definition) is 3. The van der Waals surface area contributed by atoms with E-state index in [0.29, 0.717) is 17.4 Å². The van der Waals surface area contributed by atoms with E-state index in [1.807, 2.05) is 0 Å². The van der Waals surface area contributed by atoms with Crippen molar-refractivity contribution in [1.29, 1.82) is 0 Å². The highest BCUT2D eigenvalue weighted by atomic mass is 19.4. The van der Waals surface area contributed by atoms with Crippen LogP contribution in [0.4, 0.5) is 30.6 Å². The van der Waals surface area contributed by atoms with Crippen LogP contribution in [-0.4, -0.2) is 76.0 Å². The molecule has 1 aromatic carbocycles. The number of nitrogens with one attached hydrogen (secondary N) is 2. The van der Waals surface area contributed by atoms with Crippen molar-refractivity contribution >= 4 is 29.3 Å². The second kappa shape index (κ2) is 11.4. The van der Waals surface area contributed by atoms with Crippen molar-refractivity contribution in [3.63, 3.8) is 0 Å². The Morgan fingerprint density at radius 3 is 2.39 bits per heavy atom. The molecule has 9 nitrogen and oxygen atoms in total. The fourth-order valence-corrected chi connectivity index (χ4v) is 4.76. The Labute approximate surface area is 218 Å². The van der Waals surface area contributed by atoms with Gasteiger partial charge in [-0.2, -0.15) is 18.2 Å². The number of hydrogen-bond acceptors (Lipinski definition) is 7. The smallest absolute Gasteiger partial charge is 0.421 e. The maximum absolute atomic E-state index is 13.6. The van der Waals surface area contributed by atoms with Crippen LogP contribution in [0.25, 0.3) is 0 Å². The largest absolute Gasteiger partial charge is 0.481 e. The average Bonchev–Trinajstić information content (AvgIpc) is 2.88. The highest BCUT2D eigenvalue weighted by Crippen LogP contribution is 2.35. The zero-order chi connectivity index (χ0) is 27.4. The Morgan fingerprint density at radius 2 is 1.76 bits per heavy atom. The molecule has 4 rings (SSSR count). The lowest BCUT2D eigenvalue weighted by molar-refractivity contribution is -0.142. The summed E-state index contributed by atoms with van der Waals surface area (Å²) in [6, 6.07) is 5.97. The minimum Gasteiger partial charge on any atom is -0.481 e. The lowest BCUT2D eigenvalue weighted by atomic mass is 9.89. The first-order chi connectivity index (χ1) is 18.0. The van der Waals surface area contributed by atoms with Gasteiger partial charge in [-0.05, 0) is 70.1 Å². The predicted octanol–water partition coefficient (Wildman–Crippen LogP) is 4.24. The molecule has 2 heterocycles. The number of halogens is 3. The molecule has 204 valence electrons. The molecule has 12 heteroatoms. The van der Waals surface area contributed by atoms with Crippen LogP contribution in [0.3, 0.4) is 0 Å². The van der Waals surface area contributed by atoms with Gasteiger partial charge >= 0.3 is 12.1 Å². The summed E-state index contributed by atoms with van der Waals surface area (Å²) >= 11 is 0. The van der Waals surface area contributed by atoms with E-state index < -0.39 is 35.5 Å². The lowest BCUT2D eigenvalue weighted by Crippen LogP contribution is -2.44. The molecule has 3 N–H and O–H groups in total. The maximum atomic E-state index is 13.6. The van der Waals surface area contributed by atoms with Crippen LogP contribution in [0, 0.1) is 5.92 Å². The monoisotopic (exact) mass is 532 g/mol. The number of carboxylic acid groups (broad SMARTS) is 1. The van der Waals surface area contributed by atoms with Crippen LogP contribution in [-0.2, 0) is 11.0 Å². The zero-order valence-corrected chi connectivity index (χ0v) is 21.2. The number of piperidine rings is 1. The average molecular weight is 533 g/mol. The number of allylic oxidation sites excluding steroid dienone is 1. The standard InChI is InChI=1S/C26H31F3N6O3/c1-34-13-11-18(12-14-34)35(2)23(36)16-7-9-17(10-8-16)31-25-30-15-20(26(27,28)29)22(33-25)32-21-6-4-3-5-19(21)24(37)38/h3-4,7-10,15,18-19,21H,5-6,11-14H2,1-2H3,(H,37,38)(H2,30,31,32,33). The second-order valence-electron chi connectivity index (χ2n) is 9.74. The summed E-state index contributed by atoms with van der Waals surface area (Å²) in [5, 5.41) is 15.0. The zero-order valence-electron chi connectivity index (χ0n) is 21.2. The number of aliphatic carboxylic acids is 1. The third kappa shape index (κ3) is 6.42. The molecule has 1 amide bonds. The molecular formula is C26H31F3N6O3. The van der Waals surface area contributed by atoms with Gasteiger partial charge in [-0.1, -0.05) is 12.2 Å². The summed E-state index contributed by atoms with van der Waals surface area (Å²) in [4.78, 5) is 36.4. The molecule has 1 saturated heterocycles. The third-order valence-corrected chi connectivity index (χ3v) is 7.11. The van der Waals surface area contributed by atoms with Crippen molar-refractivity contribution in [2.75, 3.05) is 37.8 Å². The minimum absolute atomic E-state index is 0.0961. The van der Waals surface area contributed by atoms with Gasteiger partial charge in [-0.15, -0.1) is 0 Å². The Morgan fingerprint density at radius 1 is 1.11 bits per heavy atom. The molecule has 0 radical (unpaired) electrons. The summed E-state index contributed by atoms with van der Waals surface area (Å²) < 4.78 is 40.9. The molecule has 1 fully saturated rings. The molecule has 0 saturated carbocycles. The van der Waals surface area contributed by atoms with E-state index in [1.54, 1.807) is 48.4 Å². The summed E-state index contributed by atoms with van der Waals surface area (Å²) in [5.41, 5.74) is -0.101. The molecule has 2 aliphatic rings. The van der Waals surface area contributed by atoms with E-state index in [9.17, 15) is 27.9 Å².